The van der Waals surface area contributed by atoms with Gasteiger partial charge < -0.3 is 19.5 Å². The smallest absolute Gasteiger partial charge is 0.322 e. The monoisotopic (exact) mass is 345 g/mol. The van der Waals surface area contributed by atoms with Crippen LogP contribution in [0.15, 0.2) is 47.1 Å². The Hall–Kier alpha value is -2.08. The summed E-state index contributed by atoms with van der Waals surface area (Å²) in [5.74, 6) is 3.12. The zero-order valence-electron chi connectivity index (χ0n) is 14.1. The number of carbonyl (C=O) groups is 1. The standard InChI is InChI=1S/C18H23N3O2S/c1-14(17-4-3-11-23-17)20(2)18(22)19-15-5-7-16(8-6-15)21-9-12-24-13-10-21/h3-8,11,14H,9-10,12-13H2,1-2H3,(H,19,22)/t14-/m1/s1. The van der Waals surface area contributed by atoms with Crippen molar-refractivity contribution in [2.45, 2.75) is 13.0 Å². The number of rotatable bonds is 4. The first-order valence-corrected chi connectivity index (χ1v) is 9.30. The van der Waals surface area contributed by atoms with Gasteiger partial charge in [-0.2, -0.15) is 11.8 Å². The first kappa shape index (κ1) is 16.8. The van der Waals surface area contributed by atoms with Gasteiger partial charge in [0.25, 0.3) is 0 Å². The molecule has 1 aromatic carbocycles. The number of hydrogen-bond acceptors (Lipinski definition) is 4. The number of amides is 2. The normalized spacial score (nSPS) is 15.8. The minimum Gasteiger partial charge on any atom is -0.467 e. The van der Waals surface area contributed by atoms with Gasteiger partial charge in [0.05, 0.1) is 12.3 Å². The Morgan fingerprint density at radius 3 is 2.58 bits per heavy atom. The zero-order chi connectivity index (χ0) is 16.9. The van der Waals surface area contributed by atoms with Gasteiger partial charge in [0.2, 0.25) is 0 Å². The summed E-state index contributed by atoms with van der Waals surface area (Å²) in [7, 11) is 1.77. The molecular formula is C18H23N3O2S. The minimum absolute atomic E-state index is 0.120. The summed E-state index contributed by atoms with van der Waals surface area (Å²) < 4.78 is 5.37. The summed E-state index contributed by atoms with van der Waals surface area (Å²) in [5.41, 5.74) is 2.01. The van der Waals surface area contributed by atoms with Crippen molar-refractivity contribution in [2.75, 3.05) is 41.9 Å². The van der Waals surface area contributed by atoms with Crippen LogP contribution in [0.4, 0.5) is 16.2 Å². The van der Waals surface area contributed by atoms with Gasteiger partial charge in [0.15, 0.2) is 0 Å². The Morgan fingerprint density at radius 1 is 1.25 bits per heavy atom. The fourth-order valence-corrected chi connectivity index (χ4v) is 3.59. The zero-order valence-corrected chi connectivity index (χ0v) is 14.9. The van der Waals surface area contributed by atoms with Crippen LogP contribution in [-0.4, -0.2) is 42.6 Å². The predicted octanol–water partition coefficient (Wildman–Crippen LogP) is 4.06. The van der Waals surface area contributed by atoms with Crippen LogP contribution in [0.5, 0.6) is 0 Å². The van der Waals surface area contributed by atoms with Crippen LogP contribution in [-0.2, 0) is 0 Å². The summed E-state index contributed by atoms with van der Waals surface area (Å²) in [6, 6.07) is 11.5. The molecule has 1 saturated heterocycles. The van der Waals surface area contributed by atoms with Crippen LogP contribution >= 0.6 is 11.8 Å². The third kappa shape index (κ3) is 3.87. The van der Waals surface area contributed by atoms with E-state index in [1.807, 2.05) is 43.0 Å². The Kier molecular flexibility index (Phi) is 5.35. The quantitative estimate of drug-likeness (QED) is 0.908. The molecule has 0 bridgehead atoms. The third-order valence-electron chi connectivity index (χ3n) is 4.35. The molecule has 1 aliphatic rings. The molecule has 0 radical (unpaired) electrons. The minimum atomic E-state index is -0.152. The van der Waals surface area contributed by atoms with Gasteiger partial charge in [-0.05, 0) is 43.3 Å². The van der Waals surface area contributed by atoms with Crippen molar-refractivity contribution >= 4 is 29.2 Å². The molecule has 0 saturated carbocycles. The highest BCUT2D eigenvalue weighted by Gasteiger charge is 2.19. The van der Waals surface area contributed by atoms with Gasteiger partial charge in [-0.3, -0.25) is 0 Å². The van der Waals surface area contributed by atoms with Crippen molar-refractivity contribution in [3.05, 3.63) is 48.4 Å². The molecule has 1 atom stereocenters. The molecule has 1 fully saturated rings. The van der Waals surface area contributed by atoms with E-state index in [2.05, 4.69) is 22.3 Å². The molecule has 3 rings (SSSR count). The highest BCUT2D eigenvalue weighted by atomic mass is 32.2. The lowest BCUT2D eigenvalue weighted by atomic mass is 10.2. The van der Waals surface area contributed by atoms with Gasteiger partial charge in [-0.15, -0.1) is 0 Å². The second kappa shape index (κ2) is 7.66. The molecule has 2 amide bonds. The summed E-state index contributed by atoms with van der Waals surface area (Å²) in [6.45, 7) is 4.11. The van der Waals surface area contributed by atoms with Gasteiger partial charge in [0, 0.05) is 43.0 Å². The van der Waals surface area contributed by atoms with Crippen molar-refractivity contribution in [1.82, 2.24) is 4.90 Å². The Labute approximate surface area is 147 Å². The fraction of sp³-hybridized carbons (Fsp3) is 0.389. The number of benzene rings is 1. The number of urea groups is 1. The number of nitrogens with zero attached hydrogens (tertiary/aromatic N) is 2. The third-order valence-corrected chi connectivity index (χ3v) is 5.29. The van der Waals surface area contributed by atoms with Crippen molar-refractivity contribution in [3.63, 3.8) is 0 Å². The highest BCUT2D eigenvalue weighted by molar-refractivity contribution is 7.99. The van der Waals surface area contributed by atoms with E-state index in [1.54, 1.807) is 18.2 Å². The van der Waals surface area contributed by atoms with E-state index in [-0.39, 0.29) is 12.1 Å². The second-order valence-corrected chi connectivity index (χ2v) is 7.10. The molecule has 1 aliphatic heterocycles. The molecule has 5 nitrogen and oxygen atoms in total. The van der Waals surface area contributed by atoms with Crippen molar-refractivity contribution in [2.24, 2.45) is 0 Å². The lowest BCUT2D eigenvalue weighted by Crippen LogP contribution is -2.33. The van der Waals surface area contributed by atoms with E-state index >= 15 is 0 Å². The van der Waals surface area contributed by atoms with Gasteiger partial charge >= 0.3 is 6.03 Å². The maximum absolute atomic E-state index is 12.4. The lowest BCUT2D eigenvalue weighted by molar-refractivity contribution is 0.201. The summed E-state index contributed by atoms with van der Waals surface area (Å²) in [5, 5.41) is 2.94. The second-order valence-electron chi connectivity index (χ2n) is 5.88. The van der Waals surface area contributed by atoms with Crippen LogP contribution in [0.25, 0.3) is 0 Å². The Bertz CT molecular complexity index is 651. The highest BCUT2D eigenvalue weighted by Crippen LogP contribution is 2.23. The first-order valence-electron chi connectivity index (χ1n) is 8.15. The van der Waals surface area contributed by atoms with Crippen molar-refractivity contribution in [3.8, 4) is 0 Å². The van der Waals surface area contributed by atoms with E-state index in [9.17, 15) is 4.79 Å². The molecule has 2 aromatic rings. The Morgan fingerprint density at radius 2 is 1.96 bits per heavy atom. The topological polar surface area (TPSA) is 48.7 Å². The summed E-state index contributed by atoms with van der Waals surface area (Å²) in [4.78, 5) is 16.4. The van der Waals surface area contributed by atoms with E-state index in [1.165, 1.54) is 17.2 Å². The van der Waals surface area contributed by atoms with E-state index in [4.69, 9.17) is 4.42 Å². The molecule has 0 unspecified atom stereocenters. The number of furan rings is 1. The molecule has 6 heteroatoms. The lowest BCUT2D eigenvalue weighted by Gasteiger charge is -2.28. The van der Waals surface area contributed by atoms with Crippen LogP contribution in [0.1, 0.15) is 18.7 Å². The van der Waals surface area contributed by atoms with Crippen molar-refractivity contribution in [1.29, 1.82) is 0 Å². The molecule has 0 aliphatic carbocycles. The number of hydrogen-bond donors (Lipinski definition) is 1. The van der Waals surface area contributed by atoms with Crippen LogP contribution in [0.3, 0.4) is 0 Å². The molecular weight excluding hydrogens is 322 g/mol. The molecule has 24 heavy (non-hydrogen) atoms. The van der Waals surface area contributed by atoms with Crippen LogP contribution < -0.4 is 10.2 Å². The fourth-order valence-electron chi connectivity index (χ4n) is 2.68. The summed E-state index contributed by atoms with van der Waals surface area (Å²) in [6.07, 6.45) is 1.62. The number of anilines is 2. The average molecular weight is 345 g/mol. The Balaban J connectivity index is 1.59. The first-order chi connectivity index (χ1) is 11.6. The van der Waals surface area contributed by atoms with Gasteiger partial charge in [-0.1, -0.05) is 0 Å². The number of carbonyl (C=O) groups excluding carboxylic acids is 1. The molecule has 0 spiro atoms. The van der Waals surface area contributed by atoms with E-state index < -0.39 is 0 Å². The van der Waals surface area contributed by atoms with E-state index in [0.29, 0.717) is 0 Å². The molecule has 2 heterocycles. The molecule has 1 aromatic heterocycles. The van der Waals surface area contributed by atoms with Crippen LogP contribution in [0, 0.1) is 0 Å². The molecule has 1 N–H and O–H groups in total. The number of nitrogens with one attached hydrogen (secondary N) is 1. The average Bonchev–Trinajstić information content (AvgIpc) is 3.16. The van der Waals surface area contributed by atoms with E-state index in [0.717, 1.165) is 24.5 Å². The summed E-state index contributed by atoms with van der Waals surface area (Å²) >= 11 is 2.00. The maximum atomic E-state index is 12.4. The SMILES string of the molecule is C[C@H](c1ccco1)N(C)C(=O)Nc1ccc(N2CCSCC2)cc1. The van der Waals surface area contributed by atoms with Crippen LogP contribution in [0.2, 0.25) is 0 Å². The van der Waals surface area contributed by atoms with Crippen molar-refractivity contribution < 1.29 is 9.21 Å². The largest absolute Gasteiger partial charge is 0.467 e. The number of thioether (sulfide) groups is 1. The van der Waals surface area contributed by atoms with Gasteiger partial charge in [0.1, 0.15) is 5.76 Å². The predicted molar refractivity (Wildman–Crippen MR) is 99.9 cm³/mol. The van der Waals surface area contributed by atoms with Gasteiger partial charge in [-0.25, -0.2) is 4.79 Å². The molecule has 128 valence electrons. The maximum Gasteiger partial charge on any atom is 0.322 e.